The Morgan fingerprint density at radius 3 is 2.47 bits per heavy atom. The summed E-state index contributed by atoms with van der Waals surface area (Å²) in [5.74, 6) is 0. The van der Waals surface area contributed by atoms with Gasteiger partial charge in [0.05, 0.1) is 0 Å². The van der Waals surface area contributed by atoms with Crippen molar-refractivity contribution in [2.24, 2.45) is 0 Å². The van der Waals surface area contributed by atoms with Crippen molar-refractivity contribution in [3.05, 3.63) is 0 Å². The van der Waals surface area contributed by atoms with Gasteiger partial charge in [-0.15, -0.1) is 0 Å². The molecule has 2 fully saturated rings. The second kappa shape index (κ2) is 5.86. The second-order valence-electron chi connectivity index (χ2n) is 5.35. The average molecular weight is 210 g/mol. The van der Waals surface area contributed by atoms with Gasteiger partial charge >= 0.3 is 0 Å². The first-order chi connectivity index (χ1) is 7.36. The molecule has 0 atom stereocenters. The van der Waals surface area contributed by atoms with Gasteiger partial charge in [-0.3, -0.25) is 0 Å². The van der Waals surface area contributed by atoms with Crippen LogP contribution in [-0.2, 0) is 0 Å². The van der Waals surface area contributed by atoms with Gasteiger partial charge in [0.25, 0.3) is 0 Å². The molecular weight excluding hydrogens is 184 g/mol. The Labute approximate surface area is 94.4 Å². The third kappa shape index (κ3) is 4.12. The summed E-state index contributed by atoms with van der Waals surface area (Å²) in [6, 6.07) is 1.77. The predicted octanol–water partition coefficient (Wildman–Crippen LogP) is 2.39. The third-order valence-corrected chi connectivity index (χ3v) is 3.90. The van der Waals surface area contributed by atoms with Crippen LogP contribution in [0.15, 0.2) is 0 Å². The molecule has 1 N–H and O–H groups in total. The van der Waals surface area contributed by atoms with Gasteiger partial charge in [0.2, 0.25) is 0 Å². The fraction of sp³-hybridized carbons (Fsp3) is 1.00. The van der Waals surface area contributed by atoms with Crippen molar-refractivity contribution in [3.63, 3.8) is 0 Å². The summed E-state index contributed by atoms with van der Waals surface area (Å²) in [4.78, 5) is 2.53. The summed E-state index contributed by atoms with van der Waals surface area (Å²) < 4.78 is 0. The summed E-state index contributed by atoms with van der Waals surface area (Å²) in [6.45, 7) is 2.51. The van der Waals surface area contributed by atoms with Gasteiger partial charge in [-0.25, -0.2) is 0 Å². The van der Waals surface area contributed by atoms with E-state index in [0.29, 0.717) is 0 Å². The Morgan fingerprint density at radius 1 is 1.07 bits per heavy atom. The summed E-state index contributed by atoms with van der Waals surface area (Å²) in [5, 5.41) is 3.71. The summed E-state index contributed by atoms with van der Waals surface area (Å²) in [6.07, 6.45) is 11.4. The van der Waals surface area contributed by atoms with Crippen LogP contribution in [0.1, 0.15) is 51.4 Å². The van der Waals surface area contributed by atoms with Crippen molar-refractivity contribution in [1.29, 1.82) is 0 Å². The second-order valence-corrected chi connectivity index (χ2v) is 5.35. The van der Waals surface area contributed by atoms with Gasteiger partial charge in [0, 0.05) is 12.1 Å². The van der Waals surface area contributed by atoms with E-state index in [1.807, 2.05) is 0 Å². The van der Waals surface area contributed by atoms with Crippen molar-refractivity contribution in [1.82, 2.24) is 10.2 Å². The lowest BCUT2D eigenvalue weighted by Crippen LogP contribution is -2.33. The fourth-order valence-electron chi connectivity index (χ4n) is 2.64. The molecule has 0 amide bonds. The van der Waals surface area contributed by atoms with Gasteiger partial charge in [-0.2, -0.15) is 0 Å². The van der Waals surface area contributed by atoms with Gasteiger partial charge < -0.3 is 10.2 Å². The van der Waals surface area contributed by atoms with Crippen LogP contribution in [0.5, 0.6) is 0 Å². The van der Waals surface area contributed by atoms with E-state index in [-0.39, 0.29) is 0 Å². The maximum atomic E-state index is 3.71. The largest absolute Gasteiger partial charge is 0.314 e. The number of rotatable bonds is 6. The lowest BCUT2D eigenvalue weighted by atomic mass is 9.95. The molecule has 88 valence electrons. The molecule has 2 heteroatoms. The number of nitrogens with zero attached hydrogens (tertiary/aromatic N) is 1. The minimum atomic E-state index is 0.838. The molecule has 2 saturated carbocycles. The van der Waals surface area contributed by atoms with Crippen molar-refractivity contribution < 1.29 is 0 Å². The maximum Gasteiger partial charge on any atom is 0.00933 e. The highest BCUT2D eigenvalue weighted by Gasteiger charge is 2.25. The van der Waals surface area contributed by atoms with Crippen LogP contribution in [-0.4, -0.2) is 37.1 Å². The molecule has 2 aliphatic carbocycles. The number of nitrogens with one attached hydrogen (secondary N) is 1. The third-order valence-electron chi connectivity index (χ3n) is 3.90. The quantitative estimate of drug-likeness (QED) is 0.677. The molecule has 2 rings (SSSR count). The molecule has 2 nitrogen and oxygen atoms in total. The molecule has 2 aliphatic rings. The predicted molar refractivity (Wildman–Crippen MR) is 65.1 cm³/mol. The summed E-state index contributed by atoms with van der Waals surface area (Å²) >= 11 is 0. The van der Waals surface area contributed by atoms with Crippen molar-refractivity contribution >= 4 is 0 Å². The Morgan fingerprint density at radius 2 is 1.80 bits per heavy atom. The van der Waals surface area contributed by atoms with E-state index in [9.17, 15) is 0 Å². The first-order valence-corrected chi connectivity index (χ1v) is 6.80. The zero-order valence-electron chi connectivity index (χ0n) is 10.2. The number of hydrogen-bond donors (Lipinski definition) is 1. The molecule has 0 aromatic rings. The van der Waals surface area contributed by atoms with Crippen LogP contribution in [0.4, 0.5) is 0 Å². The van der Waals surface area contributed by atoms with Gasteiger partial charge in [-0.1, -0.05) is 19.3 Å². The van der Waals surface area contributed by atoms with Crippen molar-refractivity contribution in [3.8, 4) is 0 Å². The van der Waals surface area contributed by atoms with E-state index < -0.39 is 0 Å². The SMILES string of the molecule is CN(CCCNC1CCCCC1)C1CC1. The Hall–Kier alpha value is -0.0800. The Balaban J connectivity index is 1.46. The minimum absolute atomic E-state index is 0.838. The molecule has 0 aromatic heterocycles. The van der Waals surface area contributed by atoms with E-state index >= 15 is 0 Å². The first-order valence-electron chi connectivity index (χ1n) is 6.80. The normalized spacial score (nSPS) is 23.6. The molecule has 0 bridgehead atoms. The standard InChI is InChI=1S/C13H26N2/c1-15(13-8-9-13)11-5-10-14-12-6-3-2-4-7-12/h12-14H,2-11H2,1H3. The zero-order chi connectivity index (χ0) is 10.5. The van der Waals surface area contributed by atoms with E-state index in [1.54, 1.807) is 0 Å². The van der Waals surface area contributed by atoms with Crippen LogP contribution >= 0.6 is 0 Å². The van der Waals surface area contributed by atoms with Gasteiger partial charge in [-0.05, 0) is 52.2 Å². The maximum absolute atomic E-state index is 3.71. The van der Waals surface area contributed by atoms with Crippen molar-refractivity contribution in [2.45, 2.75) is 63.5 Å². The van der Waals surface area contributed by atoms with Crippen LogP contribution in [0, 0.1) is 0 Å². The Kier molecular flexibility index (Phi) is 4.45. The fourth-order valence-corrected chi connectivity index (χ4v) is 2.64. The highest BCUT2D eigenvalue weighted by molar-refractivity contribution is 4.82. The molecular formula is C13H26N2. The van der Waals surface area contributed by atoms with E-state index in [0.717, 1.165) is 12.1 Å². The molecule has 0 radical (unpaired) electrons. The van der Waals surface area contributed by atoms with Crippen LogP contribution < -0.4 is 5.32 Å². The lowest BCUT2D eigenvalue weighted by Gasteiger charge is -2.23. The highest BCUT2D eigenvalue weighted by atomic mass is 15.1. The highest BCUT2D eigenvalue weighted by Crippen LogP contribution is 2.25. The zero-order valence-corrected chi connectivity index (χ0v) is 10.2. The molecule has 0 unspecified atom stereocenters. The van der Waals surface area contributed by atoms with Gasteiger partial charge in [0.1, 0.15) is 0 Å². The minimum Gasteiger partial charge on any atom is -0.314 e. The summed E-state index contributed by atoms with van der Waals surface area (Å²) in [7, 11) is 2.28. The van der Waals surface area contributed by atoms with Gasteiger partial charge in [0.15, 0.2) is 0 Å². The van der Waals surface area contributed by atoms with Crippen LogP contribution in [0.25, 0.3) is 0 Å². The molecule has 0 spiro atoms. The molecule has 0 aromatic carbocycles. The number of hydrogen-bond acceptors (Lipinski definition) is 2. The first kappa shape index (κ1) is 11.4. The van der Waals surface area contributed by atoms with Crippen molar-refractivity contribution in [2.75, 3.05) is 20.1 Å². The van der Waals surface area contributed by atoms with E-state index in [1.165, 1.54) is 64.5 Å². The van der Waals surface area contributed by atoms with Crippen LogP contribution in [0.2, 0.25) is 0 Å². The van der Waals surface area contributed by atoms with E-state index in [2.05, 4.69) is 17.3 Å². The smallest absolute Gasteiger partial charge is 0.00933 e. The Bertz CT molecular complexity index is 171. The van der Waals surface area contributed by atoms with Crippen LogP contribution in [0.3, 0.4) is 0 Å². The lowest BCUT2D eigenvalue weighted by molar-refractivity contribution is 0.306. The molecule has 0 saturated heterocycles. The summed E-state index contributed by atoms with van der Waals surface area (Å²) in [5.41, 5.74) is 0. The monoisotopic (exact) mass is 210 g/mol. The molecule has 15 heavy (non-hydrogen) atoms. The topological polar surface area (TPSA) is 15.3 Å². The van der Waals surface area contributed by atoms with E-state index in [4.69, 9.17) is 0 Å². The molecule has 0 aliphatic heterocycles. The molecule has 0 heterocycles. The average Bonchev–Trinajstić information content (AvgIpc) is 3.09.